The molecule has 1 aromatic carbocycles. The van der Waals surface area contributed by atoms with Crippen LogP contribution in [0.3, 0.4) is 0 Å². The Morgan fingerprint density at radius 3 is 2.94 bits per heavy atom. The third kappa shape index (κ3) is 2.63. The molecule has 0 fully saturated rings. The van der Waals surface area contributed by atoms with E-state index in [2.05, 4.69) is 9.71 Å². The molecule has 2 aromatic rings. The lowest BCUT2D eigenvalue weighted by atomic mass is 10.2. The molecular formula is C11H15N3O2S2. The smallest absolute Gasteiger partial charge is 0.242 e. The zero-order chi connectivity index (χ0) is 13.2. The van der Waals surface area contributed by atoms with Gasteiger partial charge in [0.2, 0.25) is 10.0 Å². The molecule has 0 aliphatic heterocycles. The molecule has 4 N–H and O–H groups in total. The fraction of sp³-hybridized carbons (Fsp3) is 0.273. The van der Waals surface area contributed by atoms with E-state index in [9.17, 15) is 8.42 Å². The van der Waals surface area contributed by atoms with Crippen molar-refractivity contribution in [3.05, 3.63) is 24.4 Å². The van der Waals surface area contributed by atoms with Crippen LogP contribution in [0.2, 0.25) is 0 Å². The van der Waals surface area contributed by atoms with E-state index in [-0.39, 0.29) is 4.90 Å². The Labute approximate surface area is 110 Å². The van der Waals surface area contributed by atoms with Crippen molar-refractivity contribution < 1.29 is 8.42 Å². The third-order valence-electron chi connectivity index (χ3n) is 2.56. The van der Waals surface area contributed by atoms with E-state index in [1.54, 1.807) is 30.0 Å². The number of nitrogens with two attached hydrogens (primary N) is 1. The van der Waals surface area contributed by atoms with E-state index < -0.39 is 10.0 Å². The van der Waals surface area contributed by atoms with Crippen LogP contribution in [0.1, 0.15) is 0 Å². The summed E-state index contributed by atoms with van der Waals surface area (Å²) >= 11 is 1.59. The lowest BCUT2D eigenvalue weighted by Gasteiger charge is -2.04. The largest absolute Gasteiger partial charge is 0.399 e. The average Bonchev–Trinajstić information content (AvgIpc) is 2.72. The van der Waals surface area contributed by atoms with Gasteiger partial charge in [0.1, 0.15) is 4.90 Å². The Morgan fingerprint density at radius 2 is 2.22 bits per heavy atom. The van der Waals surface area contributed by atoms with Gasteiger partial charge in [0.05, 0.1) is 0 Å². The van der Waals surface area contributed by atoms with Gasteiger partial charge >= 0.3 is 0 Å². The molecule has 0 saturated carbocycles. The van der Waals surface area contributed by atoms with Gasteiger partial charge in [-0.3, -0.25) is 0 Å². The number of fused-ring (bicyclic) bond motifs is 1. The summed E-state index contributed by atoms with van der Waals surface area (Å²) in [6.07, 6.45) is 3.42. The number of anilines is 1. The molecule has 0 aliphatic rings. The predicted molar refractivity (Wildman–Crippen MR) is 76.3 cm³/mol. The van der Waals surface area contributed by atoms with Gasteiger partial charge in [-0.05, 0) is 24.5 Å². The van der Waals surface area contributed by atoms with Crippen molar-refractivity contribution in [3.63, 3.8) is 0 Å². The van der Waals surface area contributed by atoms with Gasteiger partial charge in [-0.2, -0.15) is 11.8 Å². The minimum atomic E-state index is -3.46. The van der Waals surface area contributed by atoms with Gasteiger partial charge in [0, 0.05) is 35.1 Å². The zero-order valence-electron chi connectivity index (χ0n) is 9.93. The molecule has 18 heavy (non-hydrogen) atoms. The van der Waals surface area contributed by atoms with Crippen LogP contribution in [0.25, 0.3) is 10.9 Å². The maximum atomic E-state index is 12.1. The van der Waals surface area contributed by atoms with Gasteiger partial charge in [0.15, 0.2) is 0 Å². The fourth-order valence-electron chi connectivity index (χ4n) is 1.70. The number of rotatable bonds is 5. The minimum absolute atomic E-state index is 0.263. The molecule has 0 aliphatic carbocycles. The highest BCUT2D eigenvalue weighted by Crippen LogP contribution is 2.24. The van der Waals surface area contributed by atoms with Gasteiger partial charge in [-0.15, -0.1) is 0 Å². The molecule has 0 bridgehead atoms. The van der Waals surface area contributed by atoms with Crippen molar-refractivity contribution in [1.82, 2.24) is 9.71 Å². The zero-order valence-corrected chi connectivity index (χ0v) is 11.6. The molecule has 0 amide bonds. The highest BCUT2D eigenvalue weighted by Gasteiger charge is 2.18. The average molecular weight is 285 g/mol. The number of benzene rings is 1. The van der Waals surface area contributed by atoms with E-state index in [0.717, 1.165) is 11.3 Å². The van der Waals surface area contributed by atoms with Crippen LogP contribution in [-0.2, 0) is 10.0 Å². The van der Waals surface area contributed by atoms with E-state index in [4.69, 9.17) is 5.73 Å². The number of hydrogen-bond donors (Lipinski definition) is 3. The number of aromatic nitrogens is 1. The highest BCUT2D eigenvalue weighted by atomic mass is 32.2. The Bertz CT molecular complexity index is 649. The molecule has 0 atom stereocenters. The van der Waals surface area contributed by atoms with Gasteiger partial charge in [-0.25, -0.2) is 13.1 Å². The Hall–Kier alpha value is -1.18. The summed E-state index contributed by atoms with van der Waals surface area (Å²) in [6.45, 7) is 0.422. The van der Waals surface area contributed by atoms with Gasteiger partial charge in [-0.1, -0.05) is 0 Å². The molecule has 0 unspecified atom stereocenters. The molecule has 5 nitrogen and oxygen atoms in total. The number of nitrogens with one attached hydrogen (secondary N) is 2. The van der Waals surface area contributed by atoms with E-state index in [1.807, 2.05) is 6.26 Å². The first-order valence-corrected chi connectivity index (χ1v) is 8.27. The molecule has 1 aromatic heterocycles. The number of nitrogen functional groups attached to an aromatic ring is 1. The number of H-pyrrole nitrogens is 1. The summed E-state index contributed by atoms with van der Waals surface area (Å²) in [7, 11) is -3.46. The molecule has 7 heteroatoms. The van der Waals surface area contributed by atoms with Crippen LogP contribution < -0.4 is 10.5 Å². The van der Waals surface area contributed by atoms with Crippen molar-refractivity contribution in [2.75, 3.05) is 24.3 Å². The van der Waals surface area contributed by atoms with Gasteiger partial charge < -0.3 is 10.7 Å². The number of hydrogen-bond acceptors (Lipinski definition) is 4. The van der Waals surface area contributed by atoms with Crippen molar-refractivity contribution in [2.45, 2.75) is 4.90 Å². The quantitative estimate of drug-likeness (QED) is 0.572. The number of thioether (sulfide) groups is 1. The molecule has 0 spiro atoms. The molecule has 98 valence electrons. The summed E-state index contributed by atoms with van der Waals surface area (Å²) in [5, 5.41) is 0.654. The van der Waals surface area contributed by atoms with E-state index >= 15 is 0 Å². The number of aromatic amines is 1. The SMILES string of the molecule is CSCCNS(=O)(=O)c1c[nH]c2cc(N)ccc12. The first-order chi connectivity index (χ1) is 8.54. The summed E-state index contributed by atoms with van der Waals surface area (Å²) in [6, 6.07) is 5.12. The minimum Gasteiger partial charge on any atom is -0.399 e. The van der Waals surface area contributed by atoms with Crippen molar-refractivity contribution in [2.24, 2.45) is 0 Å². The van der Waals surface area contributed by atoms with Crippen LogP contribution in [0.5, 0.6) is 0 Å². The van der Waals surface area contributed by atoms with Crippen molar-refractivity contribution in [3.8, 4) is 0 Å². The Morgan fingerprint density at radius 1 is 1.44 bits per heavy atom. The number of sulfonamides is 1. The van der Waals surface area contributed by atoms with Crippen LogP contribution in [0.4, 0.5) is 5.69 Å². The maximum Gasteiger partial charge on any atom is 0.242 e. The van der Waals surface area contributed by atoms with Crippen molar-refractivity contribution in [1.29, 1.82) is 0 Å². The Kier molecular flexibility index (Phi) is 3.84. The van der Waals surface area contributed by atoms with Crippen LogP contribution in [0.15, 0.2) is 29.3 Å². The topological polar surface area (TPSA) is 88.0 Å². The predicted octanol–water partition coefficient (Wildman–Crippen LogP) is 1.39. The lowest BCUT2D eigenvalue weighted by Crippen LogP contribution is -2.25. The van der Waals surface area contributed by atoms with Crippen LogP contribution in [0, 0.1) is 0 Å². The summed E-state index contributed by atoms with van der Waals surface area (Å²) < 4.78 is 26.8. The monoisotopic (exact) mass is 285 g/mol. The lowest BCUT2D eigenvalue weighted by molar-refractivity contribution is 0.585. The third-order valence-corrected chi connectivity index (χ3v) is 4.67. The standard InChI is InChI=1S/C11H15N3O2S2/c1-17-5-4-14-18(15,16)11-7-13-10-6-8(12)2-3-9(10)11/h2-3,6-7,13-14H,4-5,12H2,1H3. The second-order valence-corrected chi connectivity index (χ2v) is 6.57. The molecule has 1 heterocycles. The fourth-order valence-corrected chi connectivity index (χ4v) is 3.34. The molecule has 0 saturated heterocycles. The van der Waals surface area contributed by atoms with Crippen LogP contribution >= 0.6 is 11.8 Å². The van der Waals surface area contributed by atoms with Crippen LogP contribution in [-0.4, -0.2) is 32.0 Å². The van der Waals surface area contributed by atoms with E-state index in [1.165, 1.54) is 6.20 Å². The normalized spacial score (nSPS) is 12.1. The van der Waals surface area contributed by atoms with E-state index in [0.29, 0.717) is 17.6 Å². The first kappa shape index (κ1) is 13.3. The molecule has 2 rings (SSSR count). The molecular weight excluding hydrogens is 270 g/mol. The van der Waals surface area contributed by atoms with Crippen molar-refractivity contribution >= 4 is 38.4 Å². The Balaban J connectivity index is 2.36. The maximum absolute atomic E-state index is 12.1. The van der Waals surface area contributed by atoms with Gasteiger partial charge in [0.25, 0.3) is 0 Å². The second-order valence-electron chi connectivity index (χ2n) is 3.85. The first-order valence-electron chi connectivity index (χ1n) is 5.40. The summed E-state index contributed by atoms with van der Waals surface area (Å²) in [4.78, 5) is 3.18. The summed E-state index contributed by atoms with van der Waals surface area (Å²) in [5.74, 6) is 0.745. The molecule has 0 radical (unpaired) electrons. The highest BCUT2D eigenvalue weighted by molar-refractivity contribution is 7.98. The second kappa shape index (κ2) is 5.21. The summed E-state index contributed by atoms with van der Waals surface area (Å²) in [5.41, 5.74) is 6.98.